The molecule has 0 heterocycles. The van der Waals surface area contributed by atoms with Crippen molar-refractivity contribution < 1.29 is 10.2 Å². The summed E-state index contributed by atoms with van der Waals surface area (Å²) < 4.78 is 0. The van der Waals surface area contributed by atoms with Crippen molar-refractivity contribution in [2.45, 2.75) is 57.7 Å². The van der Waals surface area contributed by atoms with E-state index in [-0.39, 0.29) is 5.92 Å². The molecular weight excluding hydrogens is 152 g/mol. The molecule has 0 aliphatic heterocycles. The Morgan fingerprint density at radius 1 is 1.25 bits per heavy atom. The van der Waals surface area contributed by atoms with Crippen molar-refractivity contribution in [1.29, 1.82) is 0 Å². The van der Waals surface area contributed by atoms with E-state index in [1.165, 1.54) is 0 Å². The molecule has 0 bridgehead atoms. The lowest BCUT2D eigenvalue weighted by Crippen LogP contribution is -2.46. The summed E-state index contributed by atoms with van der Waals surface area (Å²) >= 11 is 0. The molecule has 2 heteroatoms. The second kappa shape index (κ2) is 3.75. The molecule has 0 spiro atoms. The minimum absolute atomic E-state index is 0.158. The maximum atomic E-state index is 10.1. The lowest BCUT2D eigenvalue weighted by Gasteiger charge is -2.35. The van der Waals surface area contributed by atoms with Crippen molar-refractivity contribution >= 4 is 0 Å². The largest absolute Gasteiger partial charge is 0.390 e. The molecule has 0 saturated heterocycles. The van der Waals surface area contributed by atoms with Crippen molar-refractivity contribution in [2.24, 2.45) is 5.92 Å². The van der Waals surface area contributed by atoms with Crippen LogP contribution in [-0.2, 0) is 0 Å². The van der Waals surface area contributed by atoms with Gasteiger partial charge in [-0.15, -0.1) is 0 Å². The molecule has 0 aromatic heterocycles. The maximum absolute atomic E-state index is 10.1. The smallest absolute Gasteiger partial charge is 0.0928 e. The highest BCUT2D eigenvalue weighted by atomic mass is 16.3. The fraction of sp³-hybridized carbons (Fsp3) is 1.00. The SMILES string of the molecule is CC(C)C1(O)CCCCCC1O. The molecule has 1 saturated carbocycles. The third kappa shape index (κ3) is 1.80. The molecule has 0 amide bonds. The van der Waals surface area contributed by atoms with Gasteiger partial charge in [0.15, 0.2) is 0 Å². The summed E-state index contributed by atoms with van der Waals surface area (Å²) in [6.45, 7) is 3.96. The van der Waals surface area contributed by atoms with Crippen LogP contribution >= 0.6 is 0 Å². The lowest BCUT2D eigenvalue weighted by molar-refractivity contribution is -0.109. The van der Waals surface area contributed by atoms with Crippen LogP contribution in [0.25, 0.3) is 0 Å². The molecule has 2 N–H and O–H groups in total. The first-order chi connectivity index (χ1) is 5.57. The third-order valence-electron chi connectivity index (χ3n) is 3.13. The minimum Gasteiger partial charge on any atom is -0.390 e. The molecule has 12 heavy (non-hydrogen) atoms. The summed E-state index contributed by atoms with van der Waals surface area (Å²) in [5.74, 6) is 0.158. The highest BCUT2D eigenvalue weighted by Crippen LogP contribution is 2.33. The van der Waals surface area contributed by atoms with Crippen molar-refractivity contribution in [3.05, 3.63) is 0 Å². The summed E-state index contributed by atoms with van der Waals surface area (Å²) in [5, 5.41) is 19.9. The van der Waals surface area contributed by atoms with Gasteiger partial charge in [0.05, 0.1) is 11.7 Å². The van der Waals surface area contributed by atoms with Crippen LogP contribution in [-0.4, -0.2) is 21.9 Å². The van der Waals surface area contributed by atoms with Gasteiger partial charge in [-0.05, 0) is 18.8 Å². The molecule has 0 radical (unpaired) electrons. The van der Waals surface area contributed by atoms with Crippen LogP contribution in [0.2, 0.25) is 0 Å². The summed E-state index contributed by atoms with van der Waals surface area (Å²) in [5.41, 5.74) is -0.823. The van der Waals surface area contributed by atoms with Crippen LogP contribution in [0.5, 0.6) is 0 Å². The second-order valence-electron chi connectivity index (χ2n) is 4.26. The summed E-state index contributed by atoms with van der Waals surface area (Å²) in [7, 11) is 0. The molecule has 0 aromatic carbocycles. The predicted molar refractivity (Wildman–Crippen MR) is 48.9 cm³/mol. The van der Waals surface area contributed by atoms with Gasteiger partial charge in [-0.25, -0.2) is 0 Å². The van der Waals surface area contributed by atoms with Gasteiger partial charge in [-0.1, -0.05) is 33.1 Å². The van der Waals surface area contributed by atoms with Crippen LogP contribution in [0.4, 0.5) is 0 Å². The maximum Gasteiger partial charge on any atom is 0.0928 e. The Labute approximate surface area is 74.6 Å². The van der Waals surface area contributed by atoms with E-state index in [1.54, 1.807) is 0 Å². The molecule has 0 aromatic rings. The molecule has 2 unspecified atom stereocenters. The van der Waals surface area contributed by atoms with Gasteiger partial charge in [0.25, 0.3) is 0 Å². The van der Waals surface area contributed by atoms with Crippen LogP contribution in [0.3, 0.4) is 0 Å². The Balaban J connectivity index is 2.69. The first-order valence-corrected chi connectivity index (χ1v) is 4.98. The Hall–Kier alpha value is -0.0800. The molecule has 2 nitrogen and oxygen atoms in total. The standard InChI is InChI=1S/C10H20O2/c1-8(2)10(12)7-5-3-4-6-9(10)11/h8-9,11-12H,3-7H2,1-2H3. The zero-order valence-electron chi connectivity index (χ0n) is 8.08. The fourth-order valence-electron chi connectivity index (χ4n) is 2.01. The minimum atomic E-state index is -0.823. The Bertz CT molecular complexity index is 145. The number of hydrogen-bond acceptors (Lipinski definition) is 2. The average molecular weight is 172 g/mol. The van der Waals surface area contributed by atoms with Gasteiger partial charge < -0.3 is 10.2 Å². The van der Waals surface area contributed by atoms with Crippen molar-refractivity contribution in [2.75, 3.05) is 0 Å². The van der Waals surface area contributed by atoms with Gasteiger partial charge in [0.1, 0.15) is 0 Å². The van der Waals surface area contributed by atoms with E-state index in [9.17, 15) is 10.2 Å². The van der Waals surface area contributed by atoms with Gasteiger partial charge in [-0.2, -0.15) is 0 Å². The zero-order valence-corrected chi connectivity index (χ0v) is 8.08. The normalized spacial score (nSPS) is 38.2. The van der Waals surface area contributed by atoms with E-state index < -0.39 is 11.7 Å². The Kier molecular flexibility index (Phi) is 3.13. The predicted octanol–water partition coefficient (Wildman–Crippen LogP) is 1.70. The molecule has 72 valence electrons. The van der Waals surface area contributed by atoms with Crippen LogP contribution < -0.4 is 0 Å². The van der Waals surface area contributed by atoms with E-state index in [0.29, 0.717) is 0 Å². The van der Waals surface area contributed by atoms with Crippen LogP contribution in [0.1, 0.15) is 46.0 Å². The molecule has 1 fully saturated rings. The van der Waals surface area contributed by atoms with E-state index in [1.807, 2.05) is 13.8 Å². The van der Waals surface area contributed by atoms with Crippen LogP contribution in [0.15, 0.2) is 0 Å². The van der Waals surface area contributed by atoms with Gasteiger partial charge >= 0.3 is 0 Å². The Morgan fingerprint density at radius 2 is 1.92 bits per heavy atom. The third-order valence-corrected chi connectivity index (χ3v) is 3.13. The highest BCUT2D eigenvalue weighted by molar-refractivity contribution is 4.90. The number of rotatable bonds is 1. The number of aliphatic hydroxyl groups is 2. The van der Waals surface area contributed by atoms with E-state index in [2.05, 4.69) is 0 Å². The topological polar surface area (TPSA) is 40.5 Å². The summed E-state index contributed by atoms with van der Waals surface area (Å²) in [4.78, 5) is 0. The number of aliphatic hydroxyl groups excluding tert-OH is 1. The van der Waals surface area contributed by atoms with Crippen molar-refractivity contribution in [1.82, 2.24) is 0 Å². The van der Waals surface area contributed by atoms with Crippen molar-refractivity contribution in [3.63, 3.8) is 0 Å². The quantitative estimate of drug-likeness (QED) is 0.591. The second-order valence-corrected chi connectivity index (χ2v) is 4.26. The monoisotopic (exact) mass is 172 g/mol. The van der Waals surface area contributed by atoms with Crippen LogP contribution in [0, 0.1) is 5.92 Å². The van der Waals surface area contributed by atoms with E-state index in [4.69, 9.17) is 0 Å². The summed E-state index contributed by atoms with van der Waals surface area (Å²) in [6, 6.07) is 0. The molecule has 1 aliphatic rings. The average Bonchev–Trinajstić information content (AvgIpc) is 2.16. The lowest BCUT2D eigenvalue weighted by atomic mass is 9.81. The fourth-order valence-corrected chi connectivity index (χ4v) is 2.01. The molecule has 1 aliphatic carbocycles. The first kappa shape index (κ1) is 10.0. The van der Waals surface area contributed by atoms with Gasteiger partial charge in [0, 0.05) is 0 Å². The van der Waals surface area contributed by atoms with E-state index in [0.717, 1.165) is 32.1 Å². The number of hydrogen-bond donors (Lipinski definition) is 2. The molecule has 1 rings (SSSR count). The Morgan fingerprint density at radius 3 is 2.50 bits per heavy atom. The van der Waals surface area contributed by atoms with Crippen molar-refractivity contribution in [3.8, 4) is 0 Å². The highest BCUT2D eigenvalue weighted by Gasteiger charge is 2.38. The first-order valence-electron chi connectivity index (χ1n) is 4.98. The zero-order chi connectivity index (χ0) is 9.19. The van der Waals surface area contributed by atoms with E-state index >= 15 is 0 Å². The van der Waals surface area contributed by atoms with Gasteiger partial charge in [0.2, 0.25) is 0 Å². The summed E-state index contributed by atoms with van der Waals surface area (Å²) in [6.07, 6.45) is 4.24. The molecular formula is C10H20O2. The molecule has 2 atom stereocenters. The van der Waals surface area contributed by atoms with Gasteiger partial charge in [-0.3, -0.25) is 0 Å².